The normalized spacial score (nSPS) is 19.3. The van der Waals surface area contributed by atoms with Crippen molar-refractivity contribution in [1.29, 1.82) is 0 Å². The second kappa shape index (κ2) is 10.6. The minimum absolute atomic E-state index is 0.0509. The first-order valence-electron chi connectivity index (χ1n) is 13.9. The van der Waals surface area contributed by atoms with Gasteiger partial charge in [0, 0.05) is 29.8 Å². The molecule has 1 fully saturated rings. The molecule has 3 aromatic rings. The Balaban J connectivity index is 1.54. The van der Waals surface area contributed by atoms with Crippen molar-refractivity contribution in [1.82, 2.24) is 4.90 Å². The molecule has 3 heterocycles. The van der Waals surface area contributed by atoms with Crippen LogP contribution in [0.4, 0.5) is 30.7 Å². The first-order chi connectivity index (χ1) is 21.5. The number of fused-ring (bicyclic) bond motifs is 6. The average Bonchev–Trinajstić information content (AvgIpc) is 3.30. The third-order valence-electron chi connectivity index (χ3n) is 8.56. The summed E-state index contributed by atoms with van der Waals surface area (Å²) in [5.74, 6) is -12.2. The van der Waals surface area contributed by atoms with E-state index in [2.05, 4.69) is 4.18 Å². The number of carbonyl (C=O) groups is 2. The minimum Gasteiger partial charge on any atom is -0.450 e. The second-order valence-electron chi connectivity index (χ2n) is 11.1. The Hall–Kier alpha value is -4.34. The van der Waals surface area contributed by atoms with Gasteiger partial charge in [-0.15, -0.1) is 0 Å². The van der Waals surface area contributed by atoms with Gasteiger partial charge < -0.3 is 18.6 Å². The van der Waals surface area contributed by atoms with E-state index in [9.17, 15) is 35.6 Å². The number of benzene rings is 3. The molecule has 0 bridgehead atoms. The fourth-order valence-electron chi connectivity index (χ4n) is 6.01. The largest absolute Gasteiger partial charge is 0.534 e. The molecule has 6 rings (SSSR count). The van der Waals surface area contributed by atoms with Gasteiger partial charge in [0.1, 0.15) is 5.82 Å². The molecule has 3 aliphatic rings. The van der Waals surface area contributed by atoms with Crippen LogP contribution < -0.4 is 8.92 Å². The Labute approximate surface area is 256 Å². The van der Waals surface area contributed by atoms with Crippen molar-refractivity contribution in [3.63, 3.8) is 0 Å². The maximum atomic E-state index is 15.8. The lowest BCUT2D eigenvalue weighted by atomic mass is 9.76. The summed E-state index contributed by atoms with van der Waals surface area (Å²) in [7, 11) is -6.60. The molecule has 3 aliphatic heterocycles. The molecule has 3 aromatic carbocycles. The molecule has 244 valence electrons. The molecule has 46 heavy (non-hydrogen) atoms. The Kier molecular flexibility index (Phi) is 7.29. The molecule has 0 N–H and O–H groups in total. The third-order valence-corrected chi connectivity index (χ3v) is 9.52. The maximum absolute atomic E-state index is 15.8. The van der Waals surface area contributed by atoms with Crippen molar-refractivity contribution in [3.05, 3.63) is 87.0 Å². The summed E-state index contributed by atoms with van der Waals surface area (Å²) in [6, 6.07) is 4.61. The van der Waals surface area contributed by atoms with Crippen molar-refractivity contribution in [2.45, 2.75) is 44.2 Å². The third kappa shape index (κ3) is 4.59. The van der Waals surface area contributed by atoms with Crippen molar-refractivity contribution >= 4 is 22.0 Å². The highest BCUT2D eigenvalue weighted by Crippen LogP contribution is 2.59. The lowest BCUT2D eigenvalue weighted by Gasteiger charge is -2.37. The highest BCUT2D eigenvalue weighted by atomic mass is 32.2. The van der Waals surface area contributed by atoms with Gasteiger partial charge in [-0.3, -0.25) is 4.79 Å². The van der Waals surface area contributed by atoms with E-state index in [-0.39, 0.29) is 22.8 Å². The smallest absolute Gasteiger partial charge is 0.450 e. The van der Waals surface area contributed by atoms with Crippen molar-refractivity contribution in [2.75, 3.05) is 13.1 Å². The van der Waals surface area contributed by atoms with Gasteiger partial charge in [0.25, 0.3) is 5.91 Å². The monoisotopic (exact) mass is 673 g/mol. The number of likely N-dealkylation sites (tertiary alicyclic amines) is 1. The highest BCUT2D eigenvalue weighted by molar-refractivity contribution is 7.88. The standard InChI is InChI=1S/C30H22F7NO7S/c1-3-14-6-8-38(9-7-14)27(39)15-4-5-17-16(10-15)28(40)44-29(17)18-11-20(31)13(2)22(33)24(18)43-25-19(29)12-21(32)26(23(25)34)45-46(41,42)30(35,36)37/h4-5,10-12,14H,3,6-9H2,1-2H3. The summed E-state index contributed by atoms with van der Waals surface area (Å²) in [5.41, 5.74) is -11.2. The molecule has 1 amide bonds. The predicted octanol–water partition coefficient (Wildman–Crippen LogP) is 6.61. The number of piperidine rings is 1. The van der Waals surface area contributed by atoms with Crippen LogP contribution >= 0.6 is 0 Å². The zero-order valence-corrected chi connectivity index (χ0v) is 24.7. The van der Waals surface area contributed by atoms with Crippen LogP contribution in [0.1, 0.15) is 69.2 Å². The van der Waals surface area contributed by atoms with E-state index in [1.807, 2.05) is 6.92 Å². The predicted molar refractivity (Wildman–Crippen MR) is 144 cm³/mol. The summed E-state index contributed by atoms with van der Waals surface area (Å²) in [4.78, 5) is 28.3. The van der Waals surface area contributed by atoms with Crippen LogP contribution in [-0.4, -0.2) is 43.8 Å². The second-order valence-corrected chi connectivity index (χ2v) is 12.7. The van der Waals surface area contributed by atoms with Crippen LogP contribution in [0.3, 0.4) is 0 Å². The average molecular weight is 674 g/mol. The number of esters is 1. The van der Waals surface area contributed by atoms with Gasteiger partial charge in [-0.05, 0) is 49.9 Å². The van der Waals surface area contributed by atoms with Gasteiger partial charge in [0.2, 0.25) is 11.6 Å². The summed E-state index contributed by atoms with van der Waals surface area (Å²) in [5, 5.41) is 0. The minimum atomic E-state index is -6.60. The number of halogens is 7. The molecule has 1 unspecified atom stereocenters. The number of carbonyl (C=O) groups excluding carboxylic acids is 2. The van der Waals surface area contributed by atoms with Crippen LogP contribution in [0.2, 0.25) is 0 Å². The summed E-state index contributed by atoms with van der Waals surface area (Å²) in [6.07, 6.45) is 2.50. The van der Waals surface area contributed by atoms with E-state index >= 15 is 13.2 Å². The number of ether oxygens (including phenoxy) is 2. The van der Waals surface area contributed by atoms with Gasteiger partial charge >= 0.3 is 21.6 Å². The van der Waals surface area contributed by atoms with Gasteiger partial charge in [0.15, 0.2) is 28.7 Å². The lowest BCUT2D eigenvalue weighted by Crippen LogP contribution is -2.38. The Morgan fingerprint density at radius 1 is 0.978 bits per heavy atom. The number of amides is 1. The molecule has 16 heteroatoms. The zero-order valence-electron chi connectivity index (χ0n) is 23.9. The van der Waals surface area contributed by atoms with Crippen molar-refractivity contribution < 1.29 is 62.4 Å². The van der Waals surface area contributed by atoms with Crippen molar-refractivity contribution in [3.8, 4) is 17.2 Å². The number of nitrogens with zero attached hydrogens (tertiary/aromatic N) is 1. The molecule has 0 radical (unpaired) electrons. The Morgan fingerprint density at radius 3 is 2.20 bits per heavy atom. The molecular formula is C30H22F7NO7S. The van der Waals surface area contributed by atoms with E-state index in [0.717, 1.165) is 32.3 Å². The maximum Gasteiger partial charge on any atom is 0.534 e. The van der Waals surface area contributed by atoms with E-state index in [1.165, 1.54) is 12.1 Å². The van der Waals surface area contributed by atoms with Crippen LogP contribution in [0, 0.1) is 36.1 Å². The Morgan fingerprint density at radius 2 is 1.59 bits per heavy atom. The molecule has 0 aliphatic carbocycles. The van der Waals surface area contributed by atoms with Crippen LogP contribution in [0.15, 0.2) is 30.3 Å². The van der Waals surface area contributed by atoms with Crippen LogP contribution in [0.5, 0.6) is 17.2 Å². The van der Waals surface area contributed by atoms with E-state index in [1.54, 1.807) is 4.90 Å². The van der Waals surface area contributed by atoms with Crippen LogP contribution in [0.25, 0.3) is 0 Å². The summed E-state index contributed by atoms with van der Waals surface area (Å²) >= 11 is 0. The van der Waals surface area contributed by atoms with Gasteiger partial charge in [-0.25, -0.2) is 18.0 Å². The van der Waals surface area contributed by atoms with E-state index < -0.39 is 90.3 Å². The first-order valence-corrected chi connectivity index (χ1v) is 15.3. The first kappa shape index (κ1) is 31.6. The van der Waals surface area contributed by atoms with E-state index in [0.29, 0.717) is 25.1 Å². The Bertz CT molecular complexity index is 1940. The zero-order chi connectivity index (χ0) is 33.5. The highest BCUT2D eigenvalue weighted by Gasteiger charge is 2.57. The fourth-order valence-corrected chi connectivity index (χ4v) is 6.48. The fraction of sp³-hybridized carbons (Fsp3) is 0.333. The van der Waals surface area contributed by atoms with Gasteiger partial charge in [-0.1, -0.05) is 19.4 Å². The van der Waals surface area contributed by atoms with E-state index in [4.69, 9.17) is 9.47 Å². The number of hydrogen-bond donors (Lipinski definition) is 0. The van der Waals surface area contributed by atoms with Crippen molar-refractivity contribution in [2.24, 2.45) is 5.92 Å². The molecular weight excluding hydrogens is 651 g/mol. The number of hydrogen-bond acceptors (Lipinski definition) is 7. The van der Waals surface area contributed by atoms with Gasteiger partial charge in [0.05, 0.1) is 16.7 Å². The lowest BCUT2D eigenvalue weighted by molar-refractivity contribution is -0.0502. The topological polar surface area (TPSA) is 99.2 Å². The number of rotatable bonds is 4. The molecule has 1 spiro atoms. The van der Waals surface area contributed by atoms with Gasteiger partial charge in [-0.2, -0.15) is 26.0 Å². The SMILES string of the molecule is CCC1CCN(C(=O)c2ccc3c(c2)C(=O)OC32c3cc(F)c(C)c(F)c3Oc3c2cc(F)c(OS(=O)(=O)C(F)(F)F)c3F)CC1. The summed E-state index contributed by atoms with van der Waals surface area (Å²) in [6.45, 7) is 3.96. The van der Waals surface area contributed by atoms with Crippen LogP contribution in [-0.2, 0) is 20.5 Å². The quantitative estimate of drug-likeness (QED) is 0.133. The molecule has 1 saturated heterocycles. The molecule has 0 saturated carbocycles. The number of alkyl halides is 3. The molecule has 0 aromatic heterocycles. The summed E-state index contributed by atoms with van der Waals surface area (Å²) < 4.78 is 138. The molecule has 1 atom stereocenters. The molecule has 8 nitrogen and oxygen atoms in total.